The van der Waals surface area contributed by atoms with Gasteiger partial charge in [-0.15, -0.1) is 0 Å². The molecule has 1 fully saturated rings. The zero-order chi connectivity index (χ0) is 26.5. The third-order valence-corrected chi connectivity index (χ3v) is 6.44. The lowest BCUT2D eigenvalue weighted by Crippen LogP contribution is -2.31. The van der Waals surface area contributed by atoms with Crippen molar-refractivity contribution in [3.8, 4) is 17.2 Å². The normalized spacial score (nSPS) is 16.8. The molecule has 2 heterocycles. The Bertz CT molecular complexity index is 1320. The van der Waals surface area contributed by atoms with E-state index in [1.165, 1.54) is 25.2 Å². The molecule has 37 heavy (non-hydrogen) atoms. The maximum absolute atomic E-state index is 13.3. The Morgan fingerprint density at radius 3 is 2.46 bits per heavy atom. The molecule has 1 atom stereocenters. The number of nitrogens with zero attached hydrogens (tertiary/aromatic N) is 3. The van der Waals surface area contributed by atoms with Crippen molar-refractivity contribution in [2.24, 2.45) is 0 Å². The number of benzene rings is 2. The quantitative estimate of drug-likeness (QED) is 0.237. The molecular formula is C27H28ClN3O6. The van der Waals surface area contributed by atoms with Gasteiger partial charge in [-0.3, -0.25) is 9.59 Å². The van der Waals surface area contributed by atoms with Crippen LogP contribution in [-0.2, 0) is 16.1 Å². The van der Waals surface area contributed by atoms with Gasteiger partial charge in [0.05, 0.1) is 43.8 Å². The summed E-state index contributed by atoms with van der Waals surface area (Å²) in [5.41, 5.74) is 0.869. The molecule has 1 aliphatic rings. The lowest BCUT2D eigenvalue weighted by molar-refractivity contribution is -0.139. The second-order valence-corrected chi connectivity index (χ2v) is 8.75. The summed E-state index contributed by atoms with van der Waals surface area (Å²) < 4.78 is 18.2. The van der Waals surface area contributed by atoms with E-state index in [1.807, 2.05) is 17.7 Å². The molecule has 10 heteroatoms. The zero-order valence-corrected chi connectivity index (χ0v) is 21.6. The molecule has 1 aromatic heterocycles. The Hall–Kier alpha value is -3.98. The van der Waals surface area contributed by atoms with Crippen molar-refractivity contribution >= 4 is 29.1 Å². The Kier molecular flexibility index (Phi) is 8.03. The highest BCUT2D eigenvalue weighted by atomic mass is 35.5. The molecule has 2 aromatic carbocycles. The number of hydrogen-bond donors (Lipinski definition) is 1. The number of carbonyl (C=O) groups excluding carboxylic acids is 2. The van der Waals surface area contributed by atoms with Gasteiger partial charge in [0.15, 0.2) is 11.5 Å². The van der Waals surface area contributed by atoms with Gasteiger partial charge in [0.2, 0.25) is 0 Å². The molecule has 194 valence electrons. The molecule has 0 aliphatic carbocycles. The maximum atomic E-state index is 13.3. The van der Waals surface area contributed by atoms with Crippen LogP contribution in [0.5, 0.6) is 17.2 Å². The molecule has 1 unspecified atom stereocenters. The maximum Gasteiger partial charge on any atom is 0.295 e. The number of amides is 1. The van der Waals surface area contributed by atoms with Crippen LogP contribution in [0.25, 0.3) is 5.76 Å². The van der Waals surface area contributed by atoms with Gasteiger partial charge in [-0.05, 0) is 49.2 Å². The first-order chi connectivity index (χ1) is 17.9. The van der Waals surface area contributed by atoms with Crippen LogP contribution < -0.4 is 14.2 Å². The number of ketones is 1. The van der Waals surface area contributed by atoms with Gasteiger partial charge < -0.3 is 28.8 Å². The number of carbonyl (C=O) groups is 2. The van der Waals surface area contributed by atoms with E-state index in [2.05, 4.69) is 4.98 Å². The number of aryl methyl sites for hydroxylation is 1. The second kappa shape index (κ2) is 11.4. The number of likely N-dealkylation sites (tertiary alicyclic amines) is 1. The molecule has 3 aromatic rings. The third kappa shape index (κ3) is 5.27. The van der Waals surface area contributed by atoms with E-state index in [0.29, 0.717) is 47.9 Å². The number of hydrogen-bond acceptors (Lipinski definition) is 7. The minimum atomic E-state index is -0.840. The molecule has 1 aliphatic heterocycles. The zero-order valence-electron chi connectivity index (χ0n) is 20.8. The summed E-state index contributed by atoms with van der Waals surface area (Å²) in [5, 5.41) is 11.6. The first-order valence-corrected chi connectivity index (χ1v) is 12.2. The fourth-order valence-corrected chi connectivity index (χ4v) is 4.63. The fraction of sp³-hybridized carbons (Fsp3) is 0.296. The van der Waals surface area contributed by atoms with Crippen LogP contribution in [0.1, 0.15) is 30.5 Å². The second-order valence-electron chi connectivity index (χ2n) is 8.34. The number of imidazole rings is 1. The number of aliphatic hydroxyl groups excluding tert-OH is 1. The van der Waals surface area contributed by atoms with Crippen LogP contribution in [0.15, 0.2) is 60.7 Å². The topological polar surface area (TPSA) is 103 Å². The molecule has 1 amide bonds. The van der Waals surface area contributed by atoms with E-state index in [1.54, 1.807) is 42.9 Å². The Balaban J connectivity index is 1.78. The van der Waals surface area contributed by atoms with Gasteiger partial charge in [-0.1, -0.05) is 17.7 Å². The van der Waals surface area contributed by atoms with E-state index in [9.17, 15) is 14.7 Å². The minimum absolute atomic E-state index is 0.0277. The summed E-state index contributed by atoms with van der Waals surface area (Å²) in [6.45, 7) is 3.15. The van der Waals surface area contributed by atoms with Gasteiger partial charge in [-0.2, -0.15) is 0 Å². The average Bonchev–Trinajstić information content (AvgIpc) is 3.51. The van der Waals surface area contributed by atoms with Crippen molar-refractivity contribution in [3.63, 3.8) is 0 Å². The summed E-state index contributed by atoms with van der Waals surface area (Å²) in [7, 11) is 3.03. The Morgan fingerprint density at radius 1 is 1.05 bits per heavy atom. The lowest BCUT2D eigenvalue weighted by atomic mass is 9.95. The first kappa shape index (κ1) is 26.1. The predicted octanol–water partition coefficient (Wildman–Crippen LogP) is 4.46. The van der Waals surface area contributed by atoms with Gasteiger partial charge in [-0.25, -0.2) is 4.98 Å². The number of aromatic nitrogens is 2. The Morgan fingerprint density at radius 2 is 1.81 bits per heavy atom. The molecule has 0 bridgehead atoms. The Labute approximate surface area is 219 Å². The van der Waals surface area contributed by atoms with Crippen molar-refractivity contribution in [1.82, 2.24) is 14.5 Å². The predicted molar refractivity (Wildman–Crippen MR) is 138 cm³/mol. The SMILES string of the molecule is CCOc1ccc(C(O)=C2C(=O)C(=O)N(CCCn3ccnc3)C2c2ccc(OC)c(OC)c2)cc1Cl. The number of Topliss-reactive ketones (excluding diaryl/α,β-unsaturated/α-hetero) is 1. The number of ether oxygens (including phenoxy) is 3. The van der Waals surface area contributed by atoms with Gasteiger partial charge >= 0.3 is 0 Å². The molecule has 1 N–H and O–H groups in total. The van der Waals surface area contributed by atoms with Gasteiger partial charge in [0, 0.05) is 31.0 Å². The third-order valence-electron chi connectivity index (χ3n) is 6.14. The van der Waals surface area contributed by atoms with Crippen LogP contribution in [0.4, 0.5) is 0 Å². The summed E-state index contributed by atoms with van der Waals surface area (Å²) >= 11 is 6.34. The fourth-order valence-electron chi connectivity index (χ4n) is 4.40. The average molecular weight is 526 g/mol. The van der Waals surface area contributed by atoms with E-state index >= 15 is 0 Å². The van der Waals surface area contributed by atoms with Crippen LogP contribution in [-0.4, -0.2) is 58.6 Å². The lowest BCUT2D eigenvalue weighted by Gasteiger charge is -2.26. The van der Waals surface area contributed by atoms with E-state index in [4.69, 9.17) is 25.8 Å². The van der Waals surface area contributed by atoms with Crippen LogP contribution in [0, 0.1) is 0 Å². The molecule has 9 nitrogen and oxygen atoms in total. The molecule has 0 radical (unpaired) electrons. The van der Waals surface area contributed by atoms with Crippen molar-refractivity contribution in [2.45, 2.75) is 25.9 Å². The van der Waals surface area contributed by atoms with Crippen LogP contribution in [0.2, 0.25) is 5.02 Å². The number of halogens is 1. The van der Waals surface area contributed by atoms with Crippen LogP contribution >= 0.6 is 11.6 Å². The van der Waals surface area contributed by atoms with Gasteiger partial charge in [0.1, 0.15) is 11.5 Å². The van der Waals surface area contributed by atoms with Crippen molar-refractivity contribution in [2.75, 3.05) is 27.4 Å². The first-order valence-electron chi connectivity index (χ1n) is 11.8. The number of methoxy groups -OCH3 is 2. The summed E-state index contributed by atoms with van der Waals surface area (Å²) in [4.78, 5) is 32.0. The van der Waals surface area contributed by atoms with Crippen molar-refractivity contribution in [1.29, 1.82) is 0 Å². The van der Waals surface area contributed by atoms with E-state index in [-0.39, 0.29) is 22.9 Å². The smallest absolute Gasteiger partial charge is 0.295 e. The van der Waals surface area contributed by atoms with Crippen LogP contribution in [0.3, 0.4) is 0 Å². The monoisotopic (exact) mass is 525 g/mol. The van der Waals surface area contributed by atoms with Crippen molar-refractivity contribution < 1.29 is 28.9 Å². The van der Waals surface area contributed by atoms with Gasteiger partial charge in [0.25, 0.3) is 11.7 Å². The number of aliphatic hydroxyl groups is 1. The molecule has 0 saturated carbocycles. The largest absolute Gasteiger partial charge is 0.507 e. The summed E-state index contributed by atoms with van der Waals surface area (Å²) in [6.07, 6.45) is 5.77. The molecule has 0 spiro atoms. The molecule has 1 saturated heterocycles. The number of rotatable bonds is 10. The van der Waals surface area contributed by atoms with E-state index < -0.39 is 17.7 Å². The molecular weight excluding hydrogens is 498 g/mol. The minimum Gasteiger partial charge on any atom is -0.507 e. The highest BCUT2D eigenvalue weighted by molar-refractivity contribution is 6.46. The van der Waals surface area contributed by atoms with Crippen molar-refractivity contribution in [3.05, 3.63) is 76.8 Å². The molecule has 4 rings (SSSR count). The standard InChI is InChI=1S/C27H28ClN3O6/c1-4-37-20-8-7-18(14-19(20)28)25(32)23-24(17-6-9-21(35-2)22(15-17)36-3)31(27(34)26(23)33)12-5-11-30-13-10-29-16-30/h6-10,13-16,24,32H,4-5,11-12H2,1-3H3. The summed E-state index contributed by atoms with van der Waals surface area (Å²) in [6, 6.07) is 9.05. The highest BCUT2D eigenvalue weighted by Gasteiger charge is 2.46. The van der Waals surface area contributed by atoms with E-state index in [0.717, 1.165) is 0 Å². The summed E-state index contributed by atoms with van der Waals surface area (Å²) in [5.74, 6) is -0.388. The highest BCUT2D eigenvalue weighted by Crippen LogP contribution is 2.42.